The molecule has 0 saturated carbocycles. The number of benzene rings is 1. The highest BCUT2D eigenvalue weighted by atomic mass is 32.2. The van der Waals surface area contributed by atoms with E-state index in [0.717, 1.165) is 18.2 Å². The molecular weight excluding hydrogens is 305 g/mol. The van der Waals surface area contributed by atoms with Crippen molar-refractivity contribution >= 4 is 33.0 Å². The Kier molecular flexibility index (Phi) is 3.84. The third-order valence-electron chi connectivity index (χ3n) is 2.36. The van der Waals surface area contributed by atoms with E-state index in [0.29, 0.717) is 9.88 Å². The zero-order valence-corrected chi connectivity index (χ0v) is 11.9. The van der Waals surface area contributed by atoms with Crippen molar-refractivity contribution in [2.45, 2.75) is 11.8 Å². The molecule has 0 aliphatic rings. The Bertz CT molecular complexity index is 771. The summed E-state index contributed by atoms with van der Waals surface area (Å²) < 4.78 is 35.8. The van der Waals surface area contributed by atoms with Crippen LogP contribution in [-0.4, -0.2) is 19.3 Å². The maximum Gasteiger partial charge on any atom is 0.267 e. The van der Waals surface area contributed by atoms with Crippen LogP contribution in [0.1, 0.15) is 14.7 Å². The molecule has 6 nitrogen and oxygen atoms in total. The lowest BCUT2D eigenvalue weighted by Crippen LogP contribution is -2.14. The monoisotopic (exact) mass is 315 g/mol. The van der Waals surface area contributed by atoms with E-state index in [1.165, 1.54) is 17.5 Å². The smallest absolute Gasteiger partial charge is 0.267 e. The number of carbonyl (C=O) groups excluding carboxylic acids is 1. The minimum absolute atomic E-state index is 0.131. The second-order valence-corrected chi connectivity index (χ2v) is 6.68. The van der Waals surface area contributed by atoms with Crippen molar-refractivity contribution in [2.75, 3.05) is 5.32 Å². The van der Waals surface area contributed by atoms with Gasteiger partial charge in [-0.1, -0.05) is 0 Å². The van der Waals surface area contributed by atoms with Crippen molar-refractivity contribution in [1.29, 1.82) is 0 Å². The summed E-state index contributed by atoms with van der Waals surface area (Å²) in [4.78, 5) is 15.7. The molecule has 0 aliphatic heterocycles. The van der Waals surface area contributed by atoms with E-state index in [-0.39, 0.29) is 10.6 Å². The minimum atomic E-state index is -3.98. The summed E-state index contributed by atoms with van der Waals surface area (Å²) in [5.74, 6) is -1.40. The fourth-order valence-corrected chi connectivity index (χ4v) is 2.62. The fourth-order valence-electron chi connectivity index (χ4n) is 1.42. The maximum atomic E-state index is 13.7. The number of hydrogen-bond acceptors (Lipinski definition) is 5. The number of hydrogen-bond donors (Lipinski definition) is 2. The molecule has 0 atom stereocenters. The van der Waals surface area contributed by atoms with Crippen LogP contribution in [0.25, 0.3) is 0 Å². The summed E-state index contributed by atoms with van der Waals surface area (Å²) in [6.45, 7) is 1.74. The highest BCUT2D eigenvalue weighted by Crippen LogP contribution is 2.20. The number of nitrogens with zero attached hydrogens (tertiary/aromatic N) is 1. The third kappa shape index (κ3) is 3.18. The van der Waals surface area contributed by atoms with Gasteiger partial charge >= 0.3 is 0 Å². The molecule has 0 fully saturated rings. The summed E-state index contributed by atoms with van der Waals surface area (Å²) in [6, 6.07) is 3.01. The van der Waals surface area contributed by atoms with E-state index in [2.05, 4.69) is 10.3 Å². The summed E-state index contributed by atoms with van der Waals surface area (Å²) in [5.41, 5.74) is -0.131. The molecule has 9 heteroatoms. The molecular formula is C11H10FN3O3S2. The number of nitrogens with one attached hydrogen (secondary N) is 1. The number of halogens is 1. The number of nitrogens with two attached hydrogens (primary N) is 1. The highest BCUT2D eigenvalue weighted by molar-refractivity contribution is 7.89. The number of anilines is 1. The van der Waals surface area contributed by atoms with Crippen LogP contribution in [0.2, 0.25) is 0 Å². The van der Waals surface area contributed by atoms with Crippen LogP contribution in [-0.2, 0) is 10.0 Å². The van der Waals surface area contributed by atoms with Crippen LogP contribution in [0.5, 0.6) is 0 Å². The highest BCUT2D eigenvalue weighted by Gasteiger charge is 2.15. The molecule has 2 rings (SSSR count). The topological polar surface area (TPSA) is 102 Å². The maximum absolute atomic E-state index is 13.7. The normalized spacial score (nSPS) is 11.3. The van der Waals surface area contributed by atoms with E-state index in [4.69, 9.17) is 5.14 Å². The van der Waals surface area contributed by atoms with Crippen LogP contribution in [0.4, 0.5) is 10.1 Å². The van der Waals surface area contributed by atoms with E-state index in [1.807, 2.05) is 0 Å². The molecule has 1 heterocycles. The molecule has 0 aliphatic carbocycles. The molecule has 0 unspecified atom stereocenters. The van der Waals surface area contributed by atoms with Crippen molar-refractivity contribution in [3.63, 3.8) is 0 Å². The van der Waals surface area contributed by atoms with Gasteiger partial charge in [0.05, 0.1) is 21.8 Å². The number of thiazole rings is 1. The molecule has 1 amide bonds. The van der Waals surface area contributed by atoms with Gasteiger partial charge in [0.15, 0.2) is 0 Å². The molecule has 20 heavy (non-hydrogen) atoms. The van der Waals surface area contributed by atoms with Gasteiger partial charge in [-0.25, -0.2) is 22.9 Å². The van der Waals surface area contributed by atoms with Gasteiger partial charge in [0.1, 0.15) is 10.7 Å². The summed E-state index contributed by atoms with van der Waals surface area (Å²) in [6.07, 6.45) is 1.38. The first-order chi connectivity index (χ1) is 9.27. The van der Waals surface area contributed by atoms with Gasteiger partial charge in [0, 0.05) is 0 Å². The Morgan fingerprint density at radius 1 is 1.45 bits per heavy atom. The predicted molar refractivity (Wildman–Crippen MR) is 72.6 cm³/mol. The lowest BCUT2D eigenvalue weighted by molar-refractivity contribution is 0.103. The fraction of sp³-hybridized carbons (Fsp3) is 0.0909. The number of aromatic nitrogens is 1. The van der Waals surface area contributed by atoms with Crippen LogP contribution in [0, 0.1) is 12.7 Å². The lowest BCUT2D eigenvalue weighted by atomic mass is 10.3. The molecule has 1 aromatic heterocycles. The molecule has 0 saturated heterocycles. The number of rotatable bonds is 3. The lowest BCUT2D eigenvalue weighted by Gasteiger charge is -2.06. The first-order valence-corrected chi connectivity index (χ1v) is 7.70. The largest absolute Gasteiger partial charge is 0.319 e. The number of amides is 1. The molecule has 0 bridgehead atoms. The molecule has 2 aromatic rings. The Morgan fingerprint density at radius 3 is 2.65 bits per heavy atom. The van der Waals surface area contributed by atoms with E-state index >= 15 is 0 Å². The predicted octanol–water partition coefficient (Wildman–Crippen LogP) is 1.49. The summed E-state index contributed by atoms with van der Waals surface area (Å²) >= 11 is 1.17. The van der Waals surface area contributed by atoms with Crippen molar-refractivity contribution < 1.29 is 17.6 Å². The van der Waals surface area contributed by atoms with Gasteiger partial charge in [-0.05, 0) is 25.1 Å². The average Bonchev–Trinajstić information content (AvgIpc) is 2.77. The van der Waals surface area contributed by atoms with Gasteiger partial charge < -0.3 is 5.32 Å². The van der Waals surface area contributed by atoms with Crippen LogP contribution < -0.4 is 10.5 Å². The minimum Gasteiger partial charge on any atom is -0.319 e. The molecule has 1 aromatic carbocycles. The Labute approximate surface area is 118 Å². The number of primary sulfonamides is 1. The van der Waals surface area contributed by atoms with Gasteiger partial charge in [-0.15, -0.1) is 11.3 Å². The van der Waals surface area contributed by atoms with Gasteiger partial charge in [0.25, 0.3) is 5.91 Å². The first-order valence-electron chi connectivity index (χ1n) is 5.33. The Balaban J connectivity index is 2.25. The van der Waals surface area contributed by atoms with Crippen LogP contribution in [0.3, 0.4) is 0 Å². The summed E-state index contributed by atoms with van der Waals surface area (Å²) in [5, 5.41) is 7.93. The van der Waals surface area contributed by atoms with Crippen LogP contribution in [0.15, 0.2) is 29.3 Å². The number of aryl methyl sites for hydroxylation is 1. The molecule has 106 valence electrons. The average molecular weight is 315 g/mol. The van der Waals surface area contributed by atoms with Gasteiger partial charge in [-0.2, -0.15) is 0 Å². The van der Waals surface area contributed by atoms with E-state index in [9.17, 15) is 17.6 Å². The zero-order valence-electron chi connectivity index (χ0n) is 10.3. The standard InChI is InChI=1S/C11H10FN3O3S2/c1-6-14-5-10(19-6)11(16)15-9-3-2-7(4-8(9)12)20(13,17)18/h2-5H,1H3,(H,15,16)(H2,13,17,18). The second kappa shape index (κ2) is 5.27. The second-order valence-electron chi connectivity index (χ2n) is 3.88. The number of carbonyl (C=O) groups is 1. The van der Waals surface area contributed by atoms with Crippen molar-refractivity contribution in [3.05, 3.63) is 40.1 Å². The Hall–Kier alpha value is -1.84. The van der Waals surface area contributed by atoms with Gasteiger partial charge in [-0.3, -0.25) is 4.79 Å². The quantitative estimate of drug-likeness (QED) is 0.895. The molecule has 3 N–H and O–H groups in total. The SMILES string of the molecule is Cc1ncc(C(=O)Nc2ccc(S(N)(=O)=O)cc2F)s1. The van der Waals surface area contributed by atoms with Gasteiger partial charge in [0.2, 0.25) is 10.0 Å². The van der Waals surface area contributed by atoms with Crippen LogP contribution >= 0.6 is 11.3 Å². The molecule has 0 radical (unpaired) electrons. The van der Waals surface area contributed by atoms with Crippen molar-refractivity contribution in [3.8, 4) is 0 Å². The first kappa shape index (κ1) is 14.6. The van der Waals surface area contributed by atoms with Crippen molar-refractivity contribution in [2.24, 2.45) is 5.14 Å². The van der Waals surface area contributed by atoms with E-state index < -0.39 is 21.7 Å². The van der Waals surface area contributed by atoms with Crippen molar-refractivity contribution in [1.82, 2.24) is 4.98 Å². The van der Waals surface area contributed by atoms with E-state index in [1.54, 1.807) is 6.92 Å². The number of sulfonamides is 1. The Morgan fingerprint density at radius 2 is 2.15 bits per heavy atom. The molecule has 0 spiro atoms. The summed E-state index contributed by atoms with van der Waals surface area (Å²) in [7, 11) is -3.98. The zero-order chi connectivity index (χ0) is 14.9. The third-order valence-corrected chi connectivity index (χ3v) is 4.18.